The number of nitrogens with zero attached hydrogens (tertiary/aromatic N) is 1. The van der Waals surface area contributed by atoms with Crippen LogP contribution in [0.5, 0.6) is 5.75 Å². The third-order valence-corrected chi connectivity index (χ3v) is 6.17. The average molecular weight is 422 g/mol. The monoisotopic (exact) mass is 421 g/mol. The Balaban J connectivity index is 3.29. The molecule has 1 rings (SSSR count). The van der Waals surface area contributed by atoms with E-state index in [1.165, 1.54) is 0 Å². The zero-order chi connectivity index (χ0) is 23.1. The summed E-state index contributed by atoms with van der Waals surface area (Å²) in [4.78, 5) is 14.1. The van der Waals surface area contributed by atoms with Crippen molar-refractivity contribution >= 4 is 5.91 Å². The Morgan fingerprint density at radius 1 is 1.10 bits per heavy atom. The summed E-state index contributed by atoms with van der Waals surface area (Å²) in [7, 11) is 0. The van der Waals surface area contributed by atoms with Crippen molar-refractivity contribution in [1.29, 1.82) is 0 Å². The number of unbranched alkanes of at least 4 members (excludes halogenated alkanes) is 3. The lowest BCUT2D eigenvalue weighted by Gasteiger charge is -2.39. The van der Waals surface area contributed by atoms with Gasteiger partial charge in [0.25, 0.3) is 5.91 Å². The van der Waals surface area contributed by atoms with Crippen LogP contribution in [0.3, 0.4) is 0 Å². The Bertz CT molecular complexity index is 691. The van der Waals surface area contributed by atoms with Crippen molar-refractivity contribution in [1.82, 2.24) is 4.90 Å². The van der Waals surface area contributed by atoms with E-state index in [0.717, 1.165) is 48.8 Å². The van der Waals surface area contributed by atoms with Crippen LogP contribution in [0.1, 0.15) is 110 Å². The van der Waals surface area contributed by atoms with Crippen LogP contribution < -0.4 is 0 Å². The van der Waals surface area contributed by atoms with Gasteiger partial charge in [-0.2, -0.15) is 0 Å². The van der Waals surface area contributed by atoms with E-state index in [9.17, 15) is 14.3 Å². The van der Waals surface area contributed by atoms with Gasteiger partial charge in [-0.05, 0) is 61.1 Å². The second-order valence-corrected chi connectivity index (χ2v) is 10.4. The van der Waals surface area contributed by atoms with Gasteiger partial charge in [-0.3, -0.25) is 4.79 Å². The summed E-state index contributed by atoms with van der Waals surface area (Å²) in [5, 5.41) is 10.9. The summed E-state index contributed by atoms with van der Waals surface area (Å²) in [5.41, 5.74) is 2.28. The number of amides is 1. The van der Waals surface area contributed by atoms with Crippen LogP contribution in [0, 0.1) is 0 Å². The number of carbonyl (C=O) groups is 1. The number of alkyl halides is 1. The molecule has 0 spiro atoms. The molecule has 0 bridgehead atoms. The van der Waals surface area contributed by atoms with Gasteiger partial charge < -0.3 is 10.0 Å². The molecule has 4 heteroatoms. The second kappa shape index (κ2) is 11.2. The molecule has 0 heterocycles. The van der Waals surface area contributed by atoms with Crippen LogP contribution in [0.2, 0.25) is 0 Å². The highest BCUT2D eigenvalue weighted by Crippen LogP contribution is 2.39. The molecule has 0 radical (unpaired) electrons. The number of benzene rings is 1. The van der Waals surface area contributed by atoms with Crippen molar-refractivity contribution in [2.45, 2.75) is 111 Å². The highest BCUT2D eigenvalue weighted by Gasteiger charge is 2.32. The van der Waals surface area contributed by atoms with Gasteiger partial charge in [-0.1, -0.05) is 72.9 Å². The van der Waals surface area contributed by atoms with Crippen LogP contribution in [0.4, 0.5) is 4.39 Å². The summed E-state index contributed by atoms with van der Waals surface area (Å²) >= 11 is 0. The molecular formula is C26H44FNO2. The lowest BCUT2D eigenvalue weighted by Crippen LogP contribution is -2.50. The van der Waals surface area contributed by atoms with E-state index in [2.05, 4.69) is 53.7 Å². The van der Waals surface area contributed by atoms with E-state index in [4.69, 9.17) is 0 Å². The quantitative estimate of drug-likeness (QED) is 0.395. The molecule has 30 heavy (non-hydrogen) atoms. The maximum Gasteiger partial charge on any atom is 0.254 e. The van der Waals surface area contributed by atoms with Gasteiger partial charge in [-0.15, -0.1) is 0 Å². The van der Waals surface area contributed by atoms with Gasteiger partial charge in [0.2, 0.25) is 0 Å². The van der Waals surface area contributed by atoms with Crippen molar-refractivity contribution in [2.24, 2.45) is 0 Å². The molecule has 0 aliphatic rings. The summed E-state index contributed by atoms with van der Waals surface area (Å²) in [6.07, 6.45) is 5.76. The highest BCUT2D eigenvalue weighted by atomic mass is 19.1. The Morgan fingerprint density at radius 3 is 2.23 bits per heavy atom. The molecule has 0 aliphatic carbocycles. The first-order valence-corrected chi connectivity index (χ1v) is 11.6. The fourth-order valence-corrected chi connectivity index (χ4v) is 4.12. The van der Waals surface area contributed by atoms with Crippen LogP contribution in [-0.2, 0) is 16.6 Å². The van der Waals surface area contributed by atoms with E-state index in [-0.39, 0.29) is 11.3 Å². The van der Waals surface area contributed by atoms with Gasteiger partial charge in [-0.25, -0.2) is 4.39 Å². The van der Waals surface area contributed by atoms with Gasteiger partial charge in [0, 0.05) is 12.1 Å². The first-order valence-electron chi connectivity index (χ1n) is 11.6. The molecule has 0 aliphatic heterocycles. The third kappa shape index (κ3) is 6.99. The van der Waals surface area contributed by atoms with E-state index in [1.54, 1.807) is 4.90 Å². The summed E-state index contributed by atoms with van der Waals surface area (Å²) in [6, 6.07) is 4.15. The van der Waals surface area contributed by atoms with Gasteiger partial charge in [0.1, 0.15) is 5.75 Å². The second-order valence-electron chi connectivity index (χ2n) is 10.4. The number of rotatable bonds is 11. The fraction of sp³-hybridized carbons (Fsp3) is 0.731. The molecule has 1 aromatic carbocycles. The maximum absolute atomic E-state index is 13.3. The predicted octanol–water partition coefficient (Wildman–Crippen LogP) is 6.90. The standard InChI is InChI=1S/C26H44FNO2/c1-9-11-12-13-14-28(23(29)18-27)26(7,8)17-20-15-21(19(3)10-2)24(30)22(16-20)25(4,5)6/h15-16,19,30H,9-14,17-18H2,1-8H3. The van der Waals surface area contributed by atoms with Crippen molar-refractivity contribution in [3.05, 3.63) is 28.8 Å². The molecule has 3 nitrogen and oxygen atoms in total. The molecule has 0 saturated heterocycles. The van der Waals surface area contributed by atoms with Crippen molar-refractivity contribution < 1.29 is 14.3 Å². The highest BCUT2D eigenvalue weighted by molar-refractivity contribution is 5.78. The van der Waals surface area contributed by atoms with E-state index in [0.29, 0.717) is 18.7 Å². The molecule has 0 saturated carbocycles. The number of hydrogen-bond acceptors (Lipinski definition) is 2. The lowest BCUT2D eigenvalue weighted by atomic mass is 9.80. The minimum Gasteiger partial charge on any atom is -0.507 e. The predicted molar refractivity (Wildman–Crippen MR) is 125 cm³/mol. The number of phenolic OH excluding ortho intramolecular Hbond substituents is 1. The van der Waals surface area contributed by atoms with Gasteiger partial charge in [0.15, 0.2) is 6.67 Å². The molecule has 0 aromatic heterocycles. The van der Waals surface area contributed by atoms with Gasteiger partial charge in [0.05, 0.1) is 0 Å². The van der Waals surface area contributed by atoms with Crippen molar-refractivity contribution in [3.8, 4) is 5.75 Å². The van der Waals surface area contributed by atoms with Crippen LogP contribution in [0.15, 0.2) is 12.1 Å². The zero-order valence-electron chi connectivity index (χ0n) is 20.6. The zero-order valence-corrected chi connectivity index (χ0v) is 20.6. The average Bonchev–Trinajstić information content (AvgIpc) is 2.66. The number of carbonyl (C=O) groups excluding carboxylic acids is 1. The first kappa shape index (κ1) is 26.5. The minimum absolute atomic E-state index is 0.193. The maximum atomic E-state index is 13.3. The molecule has 1 amide bonds. The number of aromatic hydroxyl groups is 1. The summed E-state index contributed by atoms with van der Waals surface area (Å²) in [5.74, 6) is 0.190. The molecular weight excluding hydrogens is 377 g/mol. The number of hydrogen-bond donors (Lipinski definition) is 1. The Morgan fingerprint density at radius 2 is 1.73 bits per heavy atom. The molecule has 1 unspecified atom stereocenters. The number of halogens is 1. The largest absolute Gasteiger partial charge is 0.507 e. The molecule has 172 valence electrons. The normalized spacial score (nSPS) is 13.4. The number of phenols is 1. The van der Waals surface area contributed by atoms with E-state index >= 15 is 0 Å². The SMILES string of the molecule is CCCCCCN(C(=O)CF)C(C)(C)Cc1cc(C(C)CC)c(O)c(C(C)(C)C)c1. The van der Waals surface area contributed by atoms with Crippen molar-refractivity contribution in [3.63, 3.8) is 0 Å². The Kier molecular flexibility index (Phi) is 9.84. The Hall–Kier alpha value is -1.58. The molecule has 0 fully saturated rings. The van der Waals surface area contributed by atoms with Crippen LogP contribution in [0.25, 0.3) is 0 Å². The van der Waals surface area contributed by atoms with Crippen LogP contribution >= 0.6 is 0 Å². The molecule has 1 N–H and O–H groups in total. The van der Waals surface area contributed by atoms with Gasteiger partial charge >= 0.3 is 0 Å². The summed E-state index contributed by atoms with van der Waals surface area (Å²) < 4.78 is 13.3. The first-order chi connectivity index (χ1) is 13.9. The molecule has 1 atom stereocenters. The van der Waals surface area contributed by atoms with E-state index < -0.39 is 18.1 Å². The minimum atomic E-state index is -0.960. The smallest absolute Gasteiger partial charge is 0.254 e. The topological polar surface area (TPSA) is 40.5 Å². The lowest BCUT2D eigenvalue weighted by molar-refractivity contribution is -0.137. The fourth-order valence-electron chi connectivity index (χ4n) is 4.12. The van der Waals surface area contributed by atoms with E-state index in [1.807, 2.05) is 13.8 Å². The molecule has 1 aromatic rings. The Labute approximate surface area is 184 Å². The van der Waals surface area contributed by atoms with Crippen molar-refractivity contribution in [2.75, 3.05) is 13.2 Å². The third-order valence-electron chi connectivity index (χ3n) is 6.17. The summed E-state index contributed by atoms with van der Waals surface area (Å²) in [6.45, 7) is 16.4. The van der Waals surface area contributed by atoms with Crippen LogP contribution in [-0.4, -0.2) is 34.7 Å².